The second kappa shape index (κ2) is 6.60. The van der Waals surface area contributed by atoms with Crippen LogP contribution in [0.4, 0.5) is 5.82 Å². The fourth-order valence-electron chi connectivity index (χ4n) is 1.84. The zero-order valence-corrected chi connectivity index (χ0v) is 11.8. The van der Waals surface area contributed by atoms with Crippen molar-refractivity contribution in [3.8, 4) is 11.5 Å². The van der Waals surface area contributed by atoms with Gasteiger partial charge in [-0.1, -0.05) is 12.1 Å². The predicted molar refractivity (Wildman–Crippen MR) is 78.1 cm³/mol. The summed E-state index contributed by atoms with van der Waals surface area (Å²) in [6.45, 7) is 0.496. The minimum absolute atomic E-state index is 0.00677. The molecule has 6 heteroatoms. The van der Waals surface area contributed by atoms with Crippen LogP contribution in [0.15, 0.2) is 36.4 Å². The van der Waals surface area contributed by atoms with Crippen molar-refractivity contribution in [1.82, 2.24) is 4.98 Å². The summed E-state index contributed by atoms with van der Waals surface area (Å²) in [5.74, 6) is 0.755. The fraction of sp³-hybridized carbons (Fsp3) is 0.200. The number of carboxylic acid groups (broad SMARTS) is 1. The molecular weight excluding hydrogens is 272 g/mol. The van der Waals surface area contributed by atoms with E-state index in [0.717, 1.165) is 5.56 Å². The van der Waals surface area contributed by atoms with Crippen molar-refractivity contribution in [3.63, 3.8) is 0 Å². The molecule has 0 radical (unpaired) electrons. The van der Waals surface area contributed by atoms with Crippen LogP contribution in [0.2, 0.25) is 0 Å². The minimum atomic E-state index is -1.05. The first kappa shape index (κ1) is 14.6. The summed E-state index contributed by atoms with van der Waals surface area (Å²) in [4.78, 5) is 14.9. The van der Waals surface area contributed by atoms with E-state index in [1.54, 1.807) is 26.4 Å². The minimum Gasteiger partial charge on any atom is -0.493 e. The molecule has 0 unspecified atom stereocenters. The third-order valence-electron chi connectivity index (χ3n) is 2.89. The number of nitrogens with zero attached hydrogens (tertiary/aromatic N) is 1. The number of methoxy groups -OCH3 is 2. The number of nitrogens with one attached hydrogen (secondary N) is 1. The monoisotopic (exact) mass is 288 g/mol. The van der Waals surface area contributed by atoms with E-state index in [1.807, 2.05) is 18.2 Å². The molecule has 0 saturated heterocycles. The number of aromatic nitrogens is 1. The molecule has 2 rings (SSSR count). The van der Waals surface area contributed by atoms with Crippen LogP contribution in [0, 0.1) is 0 Å². The molecule has 0 aliphatic carbocycles. The van der Waals surface area contributed by atoms with Crippen molar-refractivity contribution in [2.75, 3.05) is 19.5 Å². The summed E-state index contributed by atoms with van der Waals surface area (Å²) in [6.07, 6.45) is 0. The van der Waals surface area contributed by atoms with Crippen LogP contribution in [0.25, 0.3) is 0 Å². The van der Waals surface area contributed by atoms with E-state index >= 15 is 0 Å². The van der Waals surface area contributed by atoms with Crippen LogP contribution < -0.4 is 14.8 Å². The predicted octanol–water partition coefficient (Wildman–Crippen LogP) is 2.41. The molecule has 0 bridgehead atoms. The normalized spacial score (nSPS) is 10.0. The quantitative estimate of drug-likeness (QED) is 0.849. The Morgan fingerprint density at radius 2 is 1.95 bits per heavy atom. The van der Waals surface area contributed by atoms with Crippen LogP contribution in [0.5, 0.6) is 11.5 Å². The number of benzene rings is 1. The van der Waals surface area contributed by atoms with Gasteiger partial charge in [0.05, 0.1) is 14.2 Å². The maximum atomic E-state index is 10.9. The van der Waals surface area contributed by atoms with Gasteiger partial charge >= 0.3 is 5.97 Å². The molecule has 110 valence electrons. The smallest absolute Gasteiger partial charge is 0.354 e. The van der Waals surface area contributed by atoms with Gasteiger partial charge in [-0.15, -0.1) is 0 Å². The topological polar surface area (TPSA) is 80.7 Å². The standard InChI is InChI=1S/C15H16N2O4/c1-20-12-7-6-10(8-13(12)21-2)9-16-14-5-3-4-11(17-14)15(18)19/h3-8H,9H2,1-2H3,(H,16,17)(H,18,19). The van der Waals surface area contributed by atoms with E-state index in [4.69, 9.17) is 14.6 Å². The largest absolute Gasteiger partial charge is 0.493 e. The second-order valence-corrected chi connectivity index (χ2v) is 4.26. The first-order valence-electron chi connectivity index (χ1n) is 6.29. The third-order valence-corrected chi connectivity index (χ3v) is 2.89. The summed E-state index contributed by atoms with van der Waals surface area (Å²) < 4.78 is 10.4. The zero-order chi connectivity index (χ0) is 15.2. The van der Waals surface area contributed by atoms with E-state index in [0.29, 0.717) is 23.9 Å². The van der Waals surface area contributed by atoms with Crippen molar-refractivity contribution in [3.05, 3.63) is 47.7 Å². The summed E-state index contributed by atoms with van der Waals surface area (Å²) in [5.41, 5.74) is 0.975. The number of carbonyl (C=O) groups is 1. The average Bonchev–Trinajstić information content (AvgIpc) is 2.52. The Morgan fingerprint density at radius 3 is 2.62 bits per heavy atom. The summed E-state index contributed by atoms with van der Waals surface area (Å²) >= 11 is 0. The van der Waals surface area contributed by atoms with E-state index in [9.17, 15) is 4.79 Å². The van der Waals surface area contributed by atoms with Crippen LogP contribution in [-0.2, 0) is 6.54 Å². The Hall–Kier alpha value is -2.76. The van der Waals surface area contributed by atoms with Gasteiger partial charge in [0.1, 0.15) is 5.82 Å². The Bertz CT molecular complexity index is 643. The van der Waals surface area contributed by atoms with Crippen LogP contribution >= 0.6 is 0 Å². The molecule has 0 atom stereocenters. The van der Waals surface area contributed by atoms with Crippen LogP contribution in [0.3, 0.4) is 0 Å². The van der Waals surface area contributed by atoms with E-state index in [2.05, 4.69) is 10.3 Å². The molecular formula is C15H16N2O4. The van der Waals surface area contributed by atoms with Gasteiger partial charge in [0.25, 0.3) is 0 Å². The lowest BCUT2D eigenvalue weighted by Gasteiger charge is -2.10. The van der Waals surface area contributed by atoms with E-state index < -0.39 is 5.97 Å². The Kier molecular flexibility index (Phi) is 4.61. The highest BCUT2D eigenvalue weighted by molar-refractivity contribution is 5.85. The molecule has 2 N–H and O–H groups in total. The van der Waals surface area contributed by atoms with Crippen molar-refractivity contribution < 1.29 is 19.4 Å². The highest BCUT2D eigenvalue weighted by Crippen LogP contribution is 2.27. The number of anilines is 1. The molecule has 0 fully saturated rings. The van der Waals surface area contributed by atoms with E-state index in [-0.39, 0.29) is 5.69 Å². The molecule has 1 aromatic heterocycles. The number of aromatic carboxylic acids is 1. The highest BCUT2D eigenvalue weighted by atomic mass is 16.5. The van der Waals surface area contributed by atoms with Crippen molar-refractivity contribution >= 4 is 11.8 Å². The van der Waals surface area contributed by atoms with Gasteiger partial charge in [-0.2, -0.15) is 0 Å². The lowest BCUT2D eigenvalue weighted by atomic mass is 10.2. The molecule has 0 amide bonds. The summed E-state index contributed by atoms with van der Waals surface area (Å²) in [6, 6.07) is 10.4. The molecule has 21 heavy (non-hydrogen) atoms. The Balaban J connectivity index is 2.09. The van der Waals surface area contributed by atoms with Gasteiger partial charge < -0.3 is 19.9 Å². The number of pyridine rings is 1. The number of rotatable bonds is 6. The summed E-state index contributed by atoms with van der Waals surface area (Å²) in [7, 11) is 3.16. The second-order valence-electron chi connectivity index (χ2n) is 4.26. The molecule has 0 spiro atoms. The average molecular weight is 288 g/mol. The molecule has 0 aliphatic rings. The summed E-state index contributed by atoms with van der Waals surface area (Å²) in [5, 5.41) is 12.0. The molecule has 6 nitrogen and oxygen atoms in total. The number of hydrogen-bond donors (Lipinski definition) is 2. The van der Waals surface area contributed by atoms with Crippen molar-refractivity contribution in [1.29, 1.82) is 0 Å². The van der Waals surface area contributed by atoms with Crippen molar-refractivity contribution in [2.45, 2.75) is 6.54 Å². The number of hydrogen-bond acceptors (Lipinski definition) is 5. The third kappa shape index (κ3) is 3.62. The van der Waals surface area contributed by atoms with E-state index in [1.165, 1.54) is 6.07 Å². The van der Waals surface area contributed by atoms with Gasteiger partial charge in [-0.05, 0) is 29.8 Å². The number of ether oxygens (including phenoxy) is 2. The van der Waals surface area contributed by atoms with Gasteiger partial charge in [0.2, 0.25) is 0 Å². The molecule has 0 aliphatic heterocycles. The van der Waals surface area contributed by atoms with Gasteiger partial charge in [-0.3, -0.25) is 0 Å². The first-order valence-corrected chi connectivity index (χ1v) is 6.29. The maximum absolute atomic E-state index is 10.9. The Morgan fingerprint density at radius 1 is 1.19 bits per heavy atom. The maximum Gasteiger partial charge on any atom is 0.354 e. The zero-order valence-electron chi connectivity index (χ0n) is 11.8. The first-order chi connectivity index (χ1) is 10.1. The van der Waals surface area contributed by atoms with Gasteiger partial charge in [-0.25, -0.2) is 9.78 Å². The number of carboxylic acids is 1. The SMILES string of the molecule is COc1ccc(CNc2cccc(C(=O)O)n2)cc1OC. The highest BCUT2D eigenvalue weighted by Gasteiger charge is 2.06. The molecule has 0 saturated carbocycles. The van der Waals surface area contributed by atoms with Crippen LogP contribution in [-0.4, -0.2) is 30.3 Å². The molecule has 1 aromatic carbocycles. The van der Waals surface area contributed by atoms with Gasteiger partial charge in [0.15, 0.2) is 17.2 Å². The molecule has 2 aromatic rings. The Labute approximate surface area is 122 Å². The van der Waals surface area contributed by atoms with Gasteiger partial charge in [0, 0.05) is 6.54 Å². The lowest BCUT2D eigenvalue weighted by molar-refractivity contribution is 0.0690. The lowest BCUT2D eigenvalue weighted by Crippen LogP contribution is -2.06. The van der Waals surface area contributed by atoms with Crippen molar-refractivity contribution in [2.24, 2.45) is 0 Å². The fourth-order valence-corrected chi connectivity index (χ4v) is 1.84. The van der Waals surface area contributed by atoms with Crippen LogP contribution in [0.1, 0.15) is 16.1 Å². The molecule has 1 heterocycles.